The normalized spacial score (nSPS) is 10.6. The first kappa shape index (κ1) is 21.7. The molecule has 9 heteroatoms. The number of rotatable bonds is 6. The summed E-state index contributed by atoms with van der Waals surface area (Å²) in [7, 11) is 4.80. The number of aromatic nitrogens is 2. The molecule has 1 amide bonds. The number of anilines is 2. The highest BCUT2D eigenvalue weighted by Gasteiger charge is 2.19. The summed E-state index contributed by atoms with van der Waals surface area (Å²) in [4.78, 5) is 24.6. The summed E-state index contributed by atoms with van der Waals surface area (Å²) >= 11 is 0. The summed E-state index contributed by atoms with van der Waals surface area (Å²) in [6, 6.07) is 19.3. The van der Waals surface area contributed by atoms with E-state index in [1.54, 1.807) is 50.5 Å². The largest absolute Gasteiger partial charge is 0.490 e. The van der Waals surface area contributed by atoms with Crippen molar-refractivity contribution in [1.29, 1.82) is 0 Å². The number of carbonyl (C=O) groups is 1. The van der Waals surface area contributed by atoms with Crippen molar-refractivity contribution in [2.75, 3.05) is 26.5 Å². The molecule has 4 aromatic rings. The van der Waals surface area contributed by atoms with E-state index in [9.17, 15) is 14.9 Å². The van der Waals surface area contributed by atoms with E-state index in [4.69, 9.17) is 4.74 Å². The van der Waals surface area contributed by atoms with Gasteiger partial charge in [-0.3, -0.25) is 14.9 Å². The predicted molar refractivity (Wildman–Crippen MR) is 126 cm³/mol. The van der Waals surface area contributed by atoms with E-state index in [1.807, 2.05) is 24.3 Å². The van der Waals surface area contributed by atoms with Gasteiger partial charge in [0.1, 0.15) is 5.69 Å². The van der Waals surface area contributed by atoms with Gasteiger partial charge < -0.3 is 15.0 Å². The molecule has 4 rings (SSSR count). The van der Waals surface area contributed by atoms with Gasteiger partial charge in [0.15, 0.2) is 11.6 Å². The third-order valence-electron chi connectivity index (χ3n) is 5.14. The Morgan fingerprint density at radius 2 is 1.70 bits per heavy atom. The lowest BCUT2D eigenvalue weighted by Gasteiger charge is -2.13. The van der Waals surface area contributed by atoms with Crippen LogP contribution in [0.3, 0.4) is 0 Å². The summed E-state index contributed by atoms with van der Waals surface area (Å²) < 4.78 is 5.10. The number of fused-ring (bicyclic) bond motifs is 1. The standard InChI is InChI=1S/C24H21N5O4/c1-28(2)24(30)15-8-11-17(12-9-15)25-23-19-7-5-4-6-18(19)22(26-27-23)16-10-13-21(33-3)20(14-16)29(31)32/h4-14H,1-3H3,(H,25,27). The highest BCUT2D eigenvalue weighted by Crippen LogP contribution is 2.35. The van der Waals surface area contributed by atoms with Crippen molar-refractivity contribution in [3.05, 3.63) is 82.4 Å². The lowest BCUT2D eigenvalue weighted by molar-refractivity contribution is -0.385. The summed E-state index contributed by atoms with van der Waals surface area (Å²) in [6.45, 7) is 0. The van der Waals surface area contributed by atoms with Gasteiger partial charge in [-0.1, -0.05) is 24.3 Å². The Bertz CT molecular complexity index is 1350. The fourth-order valence-electron chi connectivity index (χ4n) is 3.48. The number of nitrogens with zero attached hydrogens (tertiary/aromatic N) is 4. The third-order valence-corrected chi connectivity index (χ3v) is 5.14. The molecule has 0 radical (unpaired) electrons. The summed E-state index contributed by atoms with van der Waals surface area (Å²) in [5, 5.41) is 25.0. The van der Waals surface area contributed by atoms with Gasteiger partial charge in [0.25, 0.3) is 5.91 Å². The van der Waals surface area contributed by atoms with Gasteiger partial charge in [0, 0.05) is 47.7 Å². The number of hydrogen-bond donors (Lipinski definition) is 1. The highest BCUT2D eigenvalue weighted by molar-refractivity contribution is 6.01. The molecule has 0 unspecified atom stereocenters. The van der Waals surface area contributed by atoms with Crippen LogP contribution in [0.2, 0.25) is 0 Å². The third kappa shape index (κ3) is 4.29. The molecule has 0 bridgehead atoms. The summed E-state index contributed by atoms with van der Waals surface area (Å²) in [5.74, 6) is 0.629. The van der Waals surface area contributed by atoms with Crippen molar-refractivity contribution in [2.45, 2.75) is 0 Å². The zero-order valence-corrected chi connectivity index (χ0v) is 18.3. The molecule has 0 spiro atoms. The van der Waals surface area contributed by atoms with Crippen molar-refractivity contribution in [2.24, 2.45) is 0 Å². The van der Waals surface area contributed by atoms with Crippen molar-refractivity contribution in [3.8, 4) is 17.0 Å². The number of nitro groups is 1. The van der Waals surface area contributed by atoms with E-state index < -0.39 is 4.92 Å². The van der Waals surface area contributed by atoms with E-state index in [1.165, 1.54) is 18.1 Å². The SMILES string of the molecule is COc1ccc(-c2nnc(Nc3ccc(C(=O)N(C)C)cc3)c3ccccc23)cc1[N+](=O)[O-]. The molecule has 166 valence electrons. The topological polar surface area (TPSA) is 110 Å². The molecular formula is C24H21N5O4. The zero-order chi connectivity index (χ0) is 23.5. The molecule has 0 aliphatic carbocycles. The average molecular weight is 443 g/mol. The molecule has 1 N–H and O–H groups in total. The minimum Gasteiger partial charge on any atom is -0.490 e. The molecule has 33 heavy (non-hydrogen) atoms. The van der Waals surface area contributed by atoms with E-state index in [2.05, 4.69) is 15.5 Å². The van der Waals surface area contributed by atoms with Crippen LogP contribution in [0.25, 0.3) is 22.0 Å². The molecular weight excluding hydrogens is 422 g/mol. The van der Waals surface area contributed by atoms with Crippen LogP contribution in [0.5, 0.6) is 5.75 Å². The van der Waals surface area contributed by atoms with Crippen molar-refractivity contribution >= 4 is 33.9 Å². The van der Waals surface area contributed by atoms with Gasteiger partial charge in [-0.05, 0) is 36.4 Å². The molecule has 0 aliphatic rings. The minimum atomic E-state index is -0.488. The van der Waals surface area contributed by atoms with E-state index in [0.29, 0.717) is 22.6 Å². The van der Waals surface area contributed by atoms with Crippen LogP contribution >= 0.6 is 0 Å². The minimum absolute atomic E-state index is 0.0790. The first-order valence-electron chi connectivity index (χ1n) is 10.1. The second kappa shape index (κ2) is 8.91. The van der Waals surface area contributed by atoms with Crippen LogP contribution in [0.15, 0.2) is 66.7 Å². The lowest BCUT2D eigenvalue weighted by Crippen LogP contribution is -2.21. The highest BCUT2D eigenvalue weighted by atomic mass is 16.6. The Balaban J connectivity index is 1.73. The first-order valence-corrected chi connectivity index (χ1v) is 10.1. The number of nitro benzene ring substituents is 1. The smallest absolute Gasteiger partial charge is 0.311 e. The summed E-state index contributed by atoms with van der Waals surface area (Å²) in [5.41, 5.74) is 2.27. The Morgan fingerprint density at radius 3 is 2.33 bits per heavy atom. The number of benzene rings is 3. The maximum atomic E-state index is 12.1. The van der Waals surface area contributed by atoms with Crippen LogP contribution in [-0.4, -0.2) is 47.1 Å². The number of carbonyl (C=O) groups excluding carboxylic acids is 1. The average Bonchev–Trinajstić information content (AvgIpc) is 2.83. The Hall–Kier alpha value is -4.53. The van der Waals surface area contributed by atoms with Gasteiger partial charge in [-0.25, -0.2) is 0 Å². The Labute approximate surface area is 189 Å². The quantitative estimate of drug-likeness (QED) is 0.341. The van der Waals surface area contributed by atoms with E-state index >= 15 is 0 Å². The Morgan fingerprint density at radius 1 is 1.00 bits per heavy atom. The molecule has 0 atom stereocenters. The molecule has 0 aliphatic heterocycles. The maximum absolute atomic E-state index is 12.1. The van der Waals surface area contributed by atoms with Crippen LogP contribution in [0.1, 0.15) is 10.4 Å². The number of amides is 1. The molecule has 3 aromatic carbocycles. The lowest BCUT2D eigenvalue weighted by atomic mass is 10.0. The van der Waals surface area contributed by atoms with Gasteiger partial charge in [-0.2, -0.15) is 0 Å². The number of nitrogens with one attached hydrogen (secondary N) is 1. The summed E-state index contributed by atoms with van der Waals surface area (Å²) in [6.07, 6.45) is 0. The fourth-order valence-corrected chi connectivity index (χ4v) is 3.48. The van der Waals surface area contributed by atoms with Crippen molar-refractivity contribution < 1.29 is 14.5 Å². The van der Waals surface area contributed by atoms with Crippen LogP contribution in [0, 0.1) is 10.1 Å². The van der Waals surface area contributed by atoms with Gasteiger partial charge in [0.05, 0.1) is 12.0 Å². The van der Waals surface area contributed by atoms with Crippen LogP contribution in [-0.2, 0) is 0 Å². The zero-order valence-electron chi connectivity index (χ0n) is 18.3. The second-order valence-corrected chi connectivity index (χ2v) is 7.49. The predicted octanol–water partition coefficient (Wildman–Crippen LogP) is 4.66. The molecule has 1 heterocycles. The van der Waals surface area contributed by atoms with E-state index in [-0.39, 0.29) is 17.3 Å². The van der Waals surface area contributed by atoms with Crippen LogP contribution < -0.4 is 10.1 Å². The molecule has 0 fully saturated rings. The maximum Gasteiger partial charge on any atom is 0.311 e. The van der Waals surface area contributed by atoms with Gasteiger partial charge in [-0.15, -0.1) is 10.2 Å². The van der Waals surface area contributed by atoms with Gasteiger partial charge in [0.2, 0.25) is 0 Å². The van der Waals surface area contributed by atoms with Crippen LogP contribution in [0.4, 0.5) is 17.2 Å². The Kier molecular flexibility index (Phi) is 5.86. The number of ether oxygens (including phenoxy) is 1. The fraction of sp³-hybridized carbons (Fsp3) is 0.125. The van der Waals surface area contributed by atoms with Gasteiger partial charge >= 0.3 is 5.69 Å². The van der Waals surface area contributed by atoms with E-state index in [0.717, 1.165) is 16.5 Å². The van der Waals surface area contributed by atoms with Crippen molar-refractivity contribution in [3.63, 3.8) is 0 Å². The monoisotopic (exact) mass is 443 g/mol. The number of methoxy groups -OCH3 is 1. The van der Waals surface area contributed by atoms with Crippen molar-refractivity contribution in [1.82, 2.24) is 15.1 Å². The second-order valence-electron chi connectivity index (χ2n) is 7.49. The number of hydrogen-bond acceptors (Lipinski definition) is 7. The molecule has 9 nitrogen and oxygen atoms in total. The first-order chi connectivity index (χ1) is 15.9. The molecule has 1 aromatic heterocycles. The molecule has 0 saturated carbocycles. The molecule has 0 saturated heterocycles.